The van der Waals surface area contributed by atoms with Crippen LogP contribution in [0.4, 0.5) is 5.69 Å². The molecule has 0 N–H and O–H groups in total. The van der Waals surface area contributed by atoms with Gasteiger partial charge in [-0.1, -0.05) is 11.3 Å². The molecule has 0 bridgehead atoms. The van der Waals surface area contributed by atoms with Crippen molar-refractivity contribution in [1.82, 2.24) is 15.0 Å². The van der Waals surface area contributed by atoms with Crippen molar-refractivity contribution >= 4 is 22.8 Å². The molecule has 0 aliphatic heterocycles. The van der Waals surface area contributed by atoms with E-state index in [2.05, 4.69) is 15.3 Å². The second-order valence-electron chi connectivity index (χ2n) is 2.56. The van der Waals surface area contributed by atoms with Gasteiger partial charge in [0.1, 0.15) is 11.2 Å². The van der Waals surface area contributed by atoms with Crippen LogP contribution in [0.3, 0.4) is 0 Å². The molecule has 0 fully saturated rings. The van der Waals surface area contributed by atoms with Crippen LogP contribution in [0.25, 0.3) is 11.0 Å². The first-order valence-corrected chi connectivity index (χ1v) is 3.69. The first-order chi connectivity index (χ1) is 6.33. The predicted molar refractivity (Wildman–Crippen MR) is 46.3 cm³/mol. The zero-order valence-electron chi connectivity index (χ0n) is 6.93. The highest BCUT2D eigenvalue weighted by Gasteiger charge is 2.04. The van der Waals surface area contributed by atoms with E-state index in [0.717, 1.165) is 5.52 Å². The summed E-state index contributed by atoms with van der Waals surface area (Å²) >= 11 is 0. The van der Waals surface area contributed by atoms with Crippen LogP contribution in [-0.4, -0.2) is 21.1 Å². The van der Waals surface area contributed by atoms with Crippen molar-refractivity contribution in [3.63, 3.8) is 0 Å². The van der Waals surface area contributed by atoms with Crippen LogP contribution in [0.2, 0.25) is 0 Å². The lowest BCUT2D eigenvalue weighted by atomic mass is 10.3. The number of hydrogen-bond acceptors (Lipinski definition) is 4. The van der Waals surface area contributed by atoms with E-state index in [0.29, 0.717) is 11.2 Å². The molecule has 0 unspecified atom stereocenters. The Morgan fingerprint density at radius 3 is 3.15 bits per heavy atom. The van der Waals surface area contributed by atoms with Crippen LogP contribution in [0, 0.1) is 0 Å². The van der Waals surface area contributed by atoms with Crippen LogP contribution in [0.1, 0.15) is 0 Å². The number of fused-ring (bicyclic) bond motifs is 1. The number of rotatable bonds is 1. The average molecular weight is 174 g/mol. The minimum absolute atomic E-state index is 0.501. The van der Waals surface area contributed by atoms with E-state index < -0.39 is 0 Å². The van der Waals surface area contributed by atoms with Gasteiger partial charge in [0, 0.05) is 7.05 Å². The molecule has 1 heterocycles. The van der Waals surface area contributed by atoms with Crippen molar-refractivity contribution in [3.05, 3.63) is 18.2 Å². The Balaban J connectivity index is 2.84. The quantitative estimate of drug-likeness (QED) is 0.477. The summed E-state index contributed by atoms with van der Waals surface area (Å²) in [5, 5.41) is 7.69. The van der Waals surface area contributed by atoms with Gasteiger partial charge < -0.3 is 0 Å². The van der Waals surface area contributed by atoms with E-state index in [1.807, 2.05) is 6.07 Å². The summed E-state index contributed by atoms with van der Waals surface area (Å²) in [5.74, 6) is 0. The van der Waals surface area contributed by atoms with E-state index in [-0.39, 0.29) is 0 Å². The molecule has 0 amide bonds. The van der Waals surface area contributed by atoms with Crippen LogP contribution in [0.15, 0.2) is 23.2 Å². The first-order valence-electron chi connectivity index (χ1n) is 3.69. The average Bonchev–Trinajstić information content (AvgIpc) is 2.50. The Bertz CT molecular complexity index is 496. The Labute approximate surface area is 73.7 Å². The van der Waals surface area contributed by atoms with Gasteiger partial charge in [0.2, 0.25) is 6.08 Å². The van der Waals surface area contributed by atoms with Crippen LogP contribution < -0.4 is 0 Å². The van der Waals surface area contributed by atoms with Crippen molar-refractivity contribution in [1.29, 1.82) is 0 Å². The van der Waals surface area contributed by atoms with Gasteiger partial charge in [-0.3, -0.25) is 0 Å². The summed E-state index contributed by atoms with van der Waals surface area (Å²) in [4.78, 5) is 13.6. The van der Waals surface area contributed by atoms with Crippen LogP contribution in [0.5, 0.6) is 0 Å². The Morgan fingerprint density at radius 1 is 1.54 bits per heavy atom. The molecule has 2 aromatic rings. The van der Waals surface area contributed by atoms with Crippen molar-refractivity contribution in [3.8, 4) is 0 Å². The Morgan fingerprint density at radius 2 is 2.38 bits per heavy atom. The fourth-order valence-electron chi connectivity index (χ4n) is 1.18. The van der Waals surface area contributed by atoms with Gasteiger partial charge in [-0.15, -0.1) is 5.10 Å². The van der Waals surface area contributed by atoms with Gasteiger partial charge in [-0.05, 0) is 12.1 Å². The second kappa shape index (κ2) is 2.80. The second-order valence-corrected chi connectivity index (χ2v) is 2.56. The number of nitrogens with zero attached hydrogens (tertiary/aromatic N) is 4. The lowest BCUT2D eigenvalue weighted by Crippen LogP contribution is -1.88. The van der Waals surface area contributed by atoms with Crippen molar-refractivity contribution in [2.45, 2.75) is 0 Å². The van der Waals surface area contributed by atoms with Crippen molar-refractivity contribution < 1.29 is 4.79 Å². The fraction of sp³-hybridized carbons (Fsp3) is 0.125. The van der Waals surface area contributed by atoms with Gasteiger partial charge in [0.25, 0.3) is 0 Å². The maximum atomic E-state index is 10.1. The number of aryl methyl sites for hydroxylation is 1. The van der Waals surface area contributed by atoms with E-state index >= 15 is 0 Å². The molecule has 2 rings (SSSR count). The molecular weight excluding hydrogens is 168 g/mol. The molecule has 0 aliphatic carbocycles. The summed E-state index contributed by atoms with van der Waals surface area (Å²) in [6.45, 7) is 0. The third-order valence-corrected chi connectivity index (χ3v) is 1.79. The topological polar surface area (TPSA) is 60.1 Å². The van der Waals surface area contributed by atoms with E-state index in [9.17, 15) is 4.79 Å². The molecular formula is C8H6N4O. The molecule has 5 nitrogen and oxygen atoms in total. The smallest absolute Gasteiger partial charge is 0.240 e. The highest BCUT2D eigenvalue weighted by atomic mass is 16.1. The number of hydrogen-bond donors (Lipinski definition) is 0. The van der Waals surface area contributed by atoms with Gasteiger partial charge in [0.05, 0.1) is 5.52 Å². The zero-order valence-corrected chi connectivity index (χ0v) is 6.93. The SMILES string of the molecule is Cn1nnc2c(N=C=O)cccc21. The number of benzene rings is 1. The van der Waals surface area contributed by atoms with E-state index in [1.54, 1.807) is 23.9 Å². The molecule has 0 saturated heterocycles. The van der Waals surface area contributed by atoms with Crippen molar-refractivity contribution in [2.75, 3.05) is 0 Å². The fourth-order valence-corrected chi connectivity index (χ4v) is 1.18. The third-order valence-electron chi connectivity index (χ3n) is 1.79. The number of aromatic nitrogens is 3. The summed E-state index contributed by atoms with van der Waals surface area (Å²) in [5.41, 5.74) is 1.96. The van der Waals surface area contributed by atoms with Gasteiger partial charge in [0.15, 0.2) is 0 Å². The molecule has 13 heavy (non-hydrogen) atoms. The molecule has 64 valence electrons. The normalized spacial score (nSPS) is 9.92. The molecule has 0 radical (unpaired) electrons. The largest absolute Gasteiger partial charge is 0.248 e. The van der Waals surface area contributed by atoms with Gasteiger partial charge in [-0.2, -0.15) is 4.99 Å². The highest BCUT2D eigenvalue weighted by molar-refractivity contribution is 5.86. The molecule has 1 aromatic heterocycles. The summed E-state index contributed by atoms with van der Waals surface area (Å²) in [7, 11) is 1.78. The predicted octanol–water partition coefficient (Wildman–Crippen LogP) is 0.936. The lowest BCUT2D eigenvalue weighted by Gasteiger charge is -1.92. The van der Waals surface area contributed by atoms with E-state index in [4.69, 9.17) is 0 Å². The molecule has 0 saturated carbocycles. The standard InChI is InChI=1S/C8H6N4O/c1-12-7-4-2-3-6(9-5-13)8(7)10-11-12/h2-4H,1H3. The Kier molecular flexibility index (Phi) is 1.65. The molecule has 0 spiro atoms. The maximum absolute atomic E-state index is 10.1. The monoisotopic (exact) mass is 174 g/mol. The zero-order chi connectivity index (χ0) is 9.26. The lowest BCUT2D eigenvalue weighted by molar-refractivity contribution is 0.565. The minimum atomic E-state index is 0.501. The number of aliphatic imine (C=N–C) groups is 1. The number of carbonyl (C=O) groups excluding carboxylic acids is 1. The molecule has 0 atom stereocenters. The summed E-state index contributed by atoms with van der Waals surface area (Å²) < 4.78 is 1.62. The Hall–Kier alpha value is -2.00. The maximum Gasteiger partial charge on any atom is 0.240 e. The van der Waals surface area contributed by atoms with Crippen LogP contribution in [-0.2, 0) is 11.8 Å². The van der Waals surface area contributed by atoms with Crippen LogP contribution >= 0.6 is 0 Å². The molecule has 1 aromatic carbocycles. The van der Waals surface area contributed by atoms with Gasteiger partial charge in [-0.25, -0.2) is 9.48 Å². The van der Waals surface area contributed by atoms with Crippen molar-refractivity contribution in [2.24, 2.45) is 12.0 Å². The first kappa shape index (κ1) is 7.64. The molecule has 0 aliphatic rings. The third kappa shape index (κ3) is 1.11. The summed E-state index contributed by atoms with van der Waals surface area (Å²) in [6, 6.07) is 5.35. The van der Waals surface area contributed by atoms with Gasteiger partial charge >= 0.3 is 0 Å². The number of isocyanates is 1. The van der Waals surface area contributed by atoms with E-state index in [1.165, 1.54) is 6.08 Å². The highest BCUT2D eigenvalue weighted by Crippen LogP contribution is 2.21. The minimum Gasteiger partial charge on any atom is -0.248 e. The molecule has 5 heteroatoms. The summed E-state index contributed by atoms with van der Waals surface area (Å²) in [6.07, 6.45) is 1.48.